The van der Waals surface area contributed by atoms with Crippen LogP contribution in [0.25, 0.3) is 10.2 Å². The Morgan fingerprint density at radius 1 is 1.11 bits per heavy atom. The summed E-state index contributed by atoms with van der Waals surface area (Å²) in [6.45, 7) is 0. The van der Waals surface area contributed by atoms with E-state index in [1.165, 1.54) is 23.5 Å². The van der Waals surface area contributed by atoms with Gasteiger partial charge in [0.1, 0.15) is 5.82 Å². The average Bonchev–Trinajstić information content (AvgIpc) is 2.73. The highest BCUT2D eigenvalue weighted by atomic mass is 35.5. The van der Waals surface area contributed by atoms with Gasteiger partial charge in [0.15, 0.2) is 5.13 Å². The summed E-state index contributed by atoms with van der Waals surface area (Å²) >= 11 is 7.43. The van der Waals surface area contributed by atoms with Gasteiger partial charge in [0.25, 0.3) is 0 Å². The van der Waals surface area contributed by atoms with E-state index < -0.39 is 0 Å². The lowest BCUT2D eigenvalue weighted by Gasteiger charge is -2.00. The van der Waals surface area contributed by atoms with Gasteiger partial charge < -0.3 is 5.32 Å². The maximum absolute atomic E-state index is 12.8. The van der Waals surface area contributed by atoms with Crippen LogP contribution in [0, 0.1) is 5.82 Å². The molecule has 3 rings (SSSR count). The SMILES string of the molecule is Fc1ccc(Nc2nc3ccc(Cl)cc3s2)cc1. The molecule has 0 bridgehead atoms. The zero-order valence-corrected chi connectivity index (χ0v) is 10.7. The number of aromatic nitrogens is 1. The van der Waals surface area contributed by atoms with E-state index in [4.69, 9.17) is 11.6 Å². The summed E-state index contributed by atoms with van der Waals surface area (Å²) in [5, 5.41) is 4.59. The number of hydrogen-bond donors (Lipinski definition) is 1. The fourth-order valence-corrected chi connectivity index (χ4v) is 2.77. The average molecular weight is 279 g/mol. The molecular formula is C13H8ClFN2S. The number of benzene rings is 2. The van der Waals surface area contributed by atoms with E-state index in [0.29, 0.717) is 5.02 Å². The molecule has 2 aromatic carbocycles. The third-order valence-electron chi connectivity index (χ3n) is 2.45. The van der Waals surface area contributed by atoms with E-state index in [2.05, 4.69) is 10.3 Å². The molecule has 18 heavy (non-hydrogen) atoms. The van der Waals surface area contributed by atoms with E-state index in [-0.39, 0.29) is 5.82 Å². The van der Waals surface area contributed by atoms with Crippen molar-refractivity contribution in [3.05, 3.63) is 53.3 Å². The zero-order chi connectivity index (χ0) is 12.5. The molecule has 2 nitrogen and oxygen atoms in total. The van der Waals surface area contributed by atoms with Crippen LogP contribution in [-0.2, 0) is 0 Å². The molecule has 1 aromatic heterocycles. The largest absolute Gasteiger partial charge is 0.332 e. The van der Waals surface area contributed by atoms with Crippen LogP contribution in [0.2, 0.25) is 5.02 Å². The van der Waals surface area contributed by atoms with Crippen molar-refractivity contribution in [1.29, 1.82) is 0 Å². The Bertz CT molecular complexity index is 694. The summed E-state index contributed by atoms with van der Waals surface area (Å²) in [5.74, 6) is -0.253. The highest BCUT2D eigenvalue weighted by Gasteiger charge is 2.04. The molecule has 0 fully saturated rings. The fourth-order valence-electron chi connectivity index (χ4n) is 1.61. The lowest BCUT2D eigenvalue weighted by molar-refractivity contribution is 0.628. The summed E-state index contributed by atoms with van der Waals surface area (Å²) in [7, 11) is 0. The number of nitrogens with zero attached hydrogens (tertiary/aromatic N) is 1. The van der Waals surface area contributed by atoms with Gasteiger partial charge in [0, 0.05) is 10.7 Å². The Morgan fingerprint density at radius 3 is 2.67 bits per heavy atom. The summed E-state index contributed by atoms with van der Waals surface area (Å²) < 4.78 is 13.8. The maximum atomic E-state index is 12.8. The second-order valence-electron chi connectivity index (χ2n) is 3.76. The van der Waals surface area contributed by atoms with Crippen molar-refractivity contribution in [3.63, 3.8) is 0 Å². The minimum absolute atomic E-state index is 0.253. The zero-order valence-electron chi connectivity index (χ0n) is 9.15. The van der Waals surface area contributed by atoms with Gasteiger partial charge in [-0.25, -0.2) is 9.37 Å². The first-order valence-corrected chi connectivity index (χ1v) is 6.49. The smallest absolute Gasteiger partial charge is 0.188 e. The van der Waals surface area contributed by atoms with E-state index >= 15 is 0 Å². The fraction of sp³-hybridized carbons (Fsp3) is 0. The first-order chi connectivity index (χ1) is 8.70. The van der Waals surface area contributed by atoms with E-state index in [0.717, 1.165) is 21.0 Å². The molecule has 3 aromatic rings. The minimum Gasteiger partial charge on any atom is -0.332 e. The molecule has 1 heterocycles. The monoisotopic (exact) mass is 278 g/mol. The van der Waals surface area contributed by atoms with Crippen LogP contribution >= 0.6 is 22.9 Å². The lowest BCUT2D eigenvalue weighted by atomic mass is 10.3. The van der Waals surface area contributed by atoms with E-state index in [9.17, 15) is 4.39 Å². The van der Waals surface area contributed by atoms with Crippen LogP contribution in [0.3, 0.4) is 0 Å². The van der Waals surface area contributed by atoms with E-state index in [1.54, 1.807) is 12.1 Å². The van der Waals surface area contributed by atoms with Gasteiger partial charge in [-0.1, -0.05) is 22.9 Å². The van der Waals surface area contributed by atoms with Crippen LogP contribution in [0.1, 0.15) is 0 Å². The van der Waals surface area contributed by atoms with Crippen molar-refractivity contribution < 1.29 is 4.39 Å². The topological polar surface area (TPSA) is 24.9 Å². The summed E-state index contributed by atoms with van der Waals surface area (Å²) in [6.07, 6.45) is 0. The van der Waals surface area contributed by atoms with Crippen molar-refractivity contribution in [2.45, 2.75) is 0 Å². The van der Waals surface area contributed by atoms with Crippen LogP contribution in [0.5, 0.6) is 0 Å². The molecular weight excluding hydrogens is 271 g/mol. The molecule has 0 radical (unpaired) electrons. The first kappa shape index (κ1) is 11.4. The summed E-state index contributed by atoms with van der Waals surface area (Å²) in [4.78, 5) is 4.43. The Hall–Kier alpha value is -1.65. The Morgan fingerprint density at radius 2 is 1.89 bits per heavy atom. The summed E-state index contributed by atoms with van der Waals surface area (Å²) in [6, 6.07) is 11.7. The van der Waals surface area contributed by atoms with Crippen molar-refractivity contribution >= 4 is 44.0 Å². The second-order valence-corrected chi connectivity index (χ2v) is 5.23. The molecule has 1 N–H and O–H groups in total. The number of rotatable bonds is 2. The maximum Gasteiger partial charge on any atom is 0.188 e. The minimum atomic E-state index is -0.253. The van der Waals surface area contributed by atoms with Crippen LogP contribution in [-0.4, -0.2) is 4.98 Å². The molecule has 0 unspecified atom stereocenters. The number of thiazole rings is 1. The van der Waals surface area contributed by atoms with Crippen molar-refractivity contribution in [3.8, 4) is 0 Å². The van der Waals surface area contributed by atoms with Gasteiger partial charge >= 0.3 is 0 Å². The lowest BCUT2D eigenvalue weighted by Crippen LogP contribution is -1.88. The van der Waals surface area contributed by atoms with Gasteiger partial charge in [-0.2, -0.15) is 0 Å². The molecule has 0 spiro atoms. The number of fused-ring (bicyclic) bond motifs is 1. The molecule has 0 atom stereocenters. The third kappa shape index (κ3) is 2.30. The molecule has 5 heteroatoms. The second kappa shape index (κ2) is 4.55. The molecule has 0 aliphatic carbocycles. The predicted octanol–water partition coefficient (Wildman–Crippen LogP) is 4.83. The van der Waals surface area contributed by atoms with Gasteiger partial charge in [-0.15, -0.1) is 0 Å². The van der Waals surface area contributed by atoms with Crippen molar-refractivity contribution in [2.75, 3.05) is 5.32 Å². The normalized spacial score (nSPS) is 10.8. The number of halogens is 2. The Kier molecular flexibility index (Phi) is 2.89. The molecule has 90 valence electrons. The van der Waals surface area contributed by atoms with Crippen molar-refractivity contribution in [1.82, 2.24) is 4.98 Å². The van der Waals surface area contributed by atoms with Crippen LogP contribution in [0.15, 0.2) is 42.5 Å². The highest BCUT2D eigenvalue weighted by molar-refractivity contribution is 7.22. The molecule has 0 amide bonds. The molecule has 0 aliphatic heterocycles. The Labute approximate surface area is 112 Å². The number of nitrogens with one attached hydrogen (secondary N) is 1. The third-order valence-corrected chi connectivity index (χ3v) is 3.61. The van der Waals surface area contributed by atoms with E-state index in [1.807, 2.05) is 18.2 Å². The highest BCUT2D eigenvalue weighted by Crippen LogP contribution is 2.30. The van der Waals surface area contributed by atoms with Gasteiger partial charge in [0.05, 0.1) is 10.2 Å². The first-order valence-electron chi connectivity index (χ1n) is 5.29. The van der Waals surface area contributed by atoms with Crippen LogP contribution in [0.4, 0.5) is 15.2 Å². The molecule has 0 aliphatic rings. The Balaban J connectivity index is 1.92. The molecule has 0 saturated heterocycles. The predicted molar refractivity (Wildman–Crippen MR) is 74.3 cm³/mol. The quantitative estimate of drug-likeness (QED) is 0.726. The van der Waals surface area contributed by atoms with Gasteiger partial charge in [-0.05, 0) is 42.5 Å². The van der Waals surface area contributed by atoms with Crippen molar-refractivity contribution in [2.24, 2.45) is 0 Å². The van der Waals surface area contributed by atoms with Crippen LogP contribution < -0.4 is 5.32 Å². The number of hydrogen-bond acceptors (Lipinski definition) is 3. The number of anilines is 2. The standard InChI is InChI=1S/C13H8ClFN2S/c14-8-1-6-11-12(7-8)18-13(17-11)16-10-4-2-9(15)3-5-10/h1-7H,(H,16,17). The van der Waals surface area contributed by atoms with Gasteiger partial charge in [0.2, 0.25) is 0 Å². The summed E-state index contributed by atoms with van der Waals surface area (Å²) in [5.41, 5.74) is 1.70. The molecule has 0 saturated carbocycles. The van der Waals surface area contributed by atoms with Gasteiger partial charge in [-0.3, -0.25) is 0 Å².